The van der Waals surface area contributed by atoms with Crippen LogP contribution in [-0.4, -0.2) is 26.8 Å². The van der Waals surface area contributed by atoms with Gasteiger partial charge in [-0.25, -0.2) is 0 Å². The molecule has 1 N–H and O–H groups in total. The molecule has 5 heteroatoms. The molecule has 4 nitrogen and oxygen atoms in total. The zero-order valence-corrected chi connectivity index (χ0v) is 16.9. The number of aromatic nitrogens is 4. The van der Waals surface area contributed by atoms with Crippen LogP contribution >= 0.6 is 7.26 Å². The first-order valence-corrected chi connectivity index (χ1v) is 11.7. The van der Waals surface area contributed by atoms with Gasteiger partial charge in [-0.05, 0) is 60.2 Å². The highest BCUT2D eigenvalue weighted by Gasteiger charge is 2.44. The third-order valence-electron chi connectivity index (χ3n) is 5.15. The van der Waals surface area contributed by atoms with Crippen molar-refractivity contribution in [3.63, 3.8) is 0 Å². The van der Waals surface area contributed by atoms with Gasteiger partial charge in [-0.3, -0.25) is 0 Å². The molecule has 3 aromatic carbocycles. The van der Waals surface area contributed by atoms with Crippen molar-refractivity contribution in [3.05, 3.63) is 84.9 Å². The zero-order chi connectivity index (χ0) is 19.2. The molecule has 0 saturated heterocycles. The van der Waals surface area contributed by atoms with Gasteiger partial charge in [-0.1, -0.05) is 49.7 Å². The summed E-state index contributed by atoms with van der Waals surface area (Å²) in [7, 11) is -1.73. The summed E-state index contributed by atoms with van der Waals surface area (Å²) in [6.07, 6.45) is 3.55. The molecule has 0 unspecified atom stereocenters. The Morgan fingerprint density at radius 2 is 1.32 bits per heavy atom. The van der Waals surface area contributed by atoms with E-state index in [1.54, 1.807) is 0 Å². The second-order valence-electron chi connectivity index (χ2n) is 6.84. The van der Waals surface area contributed by atoms with Crippen molar-refractivity contribution in [3.8, 4) is 11.4 Å². The first-order chi connectivity index (χ1) is 13.8. The van der Waals surface area contributed by atoms with Crippen LogP contribution in [0.5, 0.6) is 0 Å². The van der Waals surface area contributed by atoms with Crippen molar-refractivity contribution in [2.24, 2.45) is 0 Å². The zero-order valence-electron chi connectivity index (χ0n) is 16.0. The average molecular weight is 387 g/mol. The Morgan fingerprint density at radius 3 is 1.82 bits per heavy atom. The SMILES string of the molecule is CCCC[P+](c1ccccc1)(c1ccccc1)c1ccc(-c2nn[nH]n2)cc1. The molecule has 1 heterocycles. The second kappa shape index (κ2) is 8.45. The number of nitrogens with zero attached hydrogens (tertiary/aromatic N) is 3. The molecule has 0 spiro atoms. The second-order valence-corrected chi connectivity index (χ2v) is 10.5. The lowest BCUT2D eigenvalue weighted by atomic mass is 10.2. The van der Waals surface area contributed by atoms with E-state index in [4.69, 9.17) is 0 Å². The minimum Gasteiger partial charge on any atom is -0.177 e. The molecular formula is C23H24N4P+. The maximum absolute atomic E-state index is 4.11. The van der Waals surface area contributed by atoms with Crippen molar-refractivity contribution >= 4 is 23.2 Å². The van der Waals surface area contributed by atoms with Gasteiger partial charge in [-0.2, -0.15) is 5.21 Å². The van der Waals surface area contributed by atoms with E-state index < -0.39 is 7.26 Å². The van der Waals surface area contributed by atoms with Crippen molar-refractivity contribution in [2.75, 3.05) is 6.16 Å². The Bertz CT molecular complexity index is 944. The monoisotopic (exact) mass is 387 g/mol. The highest BCUT2D eigenvalue weighted by Crippen LogP contribution is 2.56. The van der Waals surface area contributed by atoms with E-state index in [2.05, 4.69) is 112 Å². The van der Waals surface area contributed by atoms with Crippen LogP contribution < -0.4 is 15.9 Å². The fourth-order valence-electron chi connectivity index (χ4n) is 3.74. The first kappa shape index (κ1) is 18.5. The normalized spacial score (nSPS) is 11.5. The number of hydrogen-bond acceptors (Lipinski definition) is 3. The summed E-state index contributed by atoms with van der Waals surface area (Å²) in [4.78, 5) is 0. The van der Waals surface area contributed by atoms with Crippen LogP contribution in [0.3, 0.4) is 0 Å². The summed E-state index contributed by atoms with van der Waals surface area (Å²) in [5.74, 6) is 0.628. The maximum Gasteiger partial charge on any atom is 0.204 e. The van der Waals surface area contributed by atoms with Crippen molar-refractivity contribution in [1.82, 2.24) is 20.6 Å². The highest BCUT2D eigenvalue weighted by molar-refractivity contribution is 7.95. The number of aromatic amines is 1. The molecule has 0 bridgehead atoms. The van der Waals surface area contributed by atoms with Gasteiger partial charge in [0.15, 0.2) is 0 Å². The summed E-state index contributed by atoms with van der Waals surface area (Å²) in [5, 5.41) is 18.7. The average Bonchev–Trinajstić information content (AvgIpc) is 3.31. The lowest BCUT2D eigenvalue weighted by Gasteiger charge is -2.27. The number of H-pyrrole nitrogens is 1. The van der Waals surface area contributed by atoms with Gasteiger partial charge in [-0.15, -0.1) is 10.2 Å². The Morgan fingerprint density at radius 1 is 0.750 bits per heavy atom. The van der Waals surface area contributed by atoms with Crippen molar-refractivity contribution in [2.45, 2.75) is 19.8 Å². The molecule has 4 rings (SSSR count). The lowest BCUT2D eigenvalue weighted by Crippen LogP contribution is -2.33. The Kier molecular flexibility index (Phi) is 5.59. The molecule has 0 atom stereocenters. The Balaban J connectivity index is 1.89. The van der Waals surface area contributed by atoms with Crippen molar-refractivity contribution < 1.29 is 0 Å². The van der Waals surface area contributed by atoms with Crippen LogP contribution in [0.25, 0.3) is 11.4 Å². The third kappa shape index (κ3) is 3.48. The van der Waals surface area contributed by atoms with E-state index in [1.807, 2.05) is 0 Å². The predicted molar refractivity (Wildman–Crippen MR) is 118 cm³/mol. The van der Waals surface area contributed by atoms with E-state index in [0.717, 1.165) is 5.56 Å². The van der Waals surface area contributed by atoms with E-state index in [9.17, 15) is 0 Å². The maximum atomic E-state index is 4.11. The van der Waals surface area contributed by atoms with Crippen LogP contribution in [0.2, 0.25) is 0 Å². The van der Waals surface area contributed by atoms with Gasteiger partial charge in [0, 0.05) is 5.56 Å². The third-order valence-corrected chi connectivity index (χ3v) is 9.68. The smallest absolute Gasteiger partial charge is 0.177 e. The van der Waals surface area contributed by atoms with Crippen molar-refractivity contribution in [1.29, 1.82) is 0 Å². The number of benzene rings is 3. The van der Waals surface area contributed by atoms with Gasteiger partial charge in [0.1, 0.15) is 23.2 Å². The number of hydrogen-bond donors (Lipinski definition) is 1. The molecule has 4 aromatic rings. The largest absolute Gasteiger partial charge is 0.204 e. The standard InChI is InChI=1S/C23H24N4P/c1-2-3-18-28(20-10-6-4-7-11-20,21-12-8-5-9-13-21)22-16-14-19(15-17-22)23-24-26-27-25-23/h4-17H,2-3,18H2,1H3,(H,24,25,26,27)/q+1. The molecule has 0 saturated carbocycles. The fourth-order valence-corrected chi connectivity index (χ4v) is 8.22. The molecule has 140 valence electrons. The van der Waals surface area contributed by atoms with Gasteiger partial charge in [0.25, 0.3) is 0 Å². The number of rotatable bonds is 7. The molecule has 0 fully saturated rings. The minimum absolute atomic E-state index is 0.628. The van der Waals surface area contributed by atoms with Gasteiger partial charge >= 0.3 is 0 Å². The summed E-state index contributed by atoms with van der Waals surface area (Å²) < 4.78 is 0. The van der Waals surface area contributed by atoms with E-state index >= 15 is 0 Å². The van der Waals surface area contributed by atoms with Gasteiger partial charge in [0.05, 0.1) is 6.16 Å². The number of unbranched alkanes of at least 4 members (excludes halogenated alkanes) is 1. The topological polar surface area (TPSA) is 54.5 Å². The van der Waals surface area contributed by atoms with E-state index in [1.165, 1.54) is 34.9 Å². The van der Waals surface area contributed by atoms with E-state index in [0.29, 0.717) is 5.82 Å². The molecular weight excluding hydrogens is 363 g/mol. The predicted octanol–water partition coefficient (Wildman–Crippen LogP) is 3.96. The molecule has 0 radical (unpaired) electrons. The summed E-state index contributed by atoms with van der Waals surface area (Å²) in [6.45, 7) is 2.27. The first-order valence-electron chi connectivity index (χ1n) is 9.68. The highest BCUT2D eigenvalue weighted by atomic mass is 31.2. The quantitative estimate of drug-likeness (QED) is 0.489. The molecule has 0 aliphatic heterocycles. The lowest BCUT2D eigenvalue weighted by molar-refractivity contribution is 0.881. The van der Waals surface area contributed by atoms with Crippen LogP contribution in [0.1, 0.15) is 19.8 Å². The summed E-state index contributed by atoms with van der Waals surface area (Å²) in [6, 6.07) is 30.8. The Hall–Kier alpha value is -2.84. The molecule has 1 aromatic heterocycles. The summed E-state index contributed by atoms with van der Waals surface area (Å²) in [5.41, 5.74) is 0.979. The molecule has 0 aliphatic rings. The van der Waals surface area contributed by atoms with Crippen LogP contribution in [0, 0.1) is 0 Å². The van der Waals surface area contributed by atoms with Crippen LogP contribution in [-0.2, 0) is 0 Å². The Labute approximate surface area is 166 Å². The van der Waals surface area contributed by atoms with Gasteiger partial charge < -0.3 is 0 Å². The van der Waals surface area contributed by atoms with Gasteiger partial charge in [0.2, 0.25) is 5.82 Å². The summed E-state index contributed by atoms with van der Waals surface area (Å²) >= 11 is 0. The fraction of sp³-hybridized carbons (Fsp3) is 0.174. The minimum atomic E-state index is -1.73. The number of nitrogens with one attached hydrogen (secondary N) is 1. The van der Waals surface area contributed by atoms with Crippen LogP contribution in [0.15, 0.2) is 84.9 Å². The molecule has 0 aliphatic carbocycles. The number of tetrazole rings is 1. The van der Waals surface area contributed by atoms with Crippen LogP contribution in [0.4, 0.5) is 0 Å². The molecule has 0 amide bonds. The van der Waals surface area contributed by atoms with E-state index in [-0.39, 0.29) is 0 Å². The molecule has 28 heavy (non-hydrogen) atoms.